The zero-order valence-corrected chi connectivity index (χ0v) is 6.28. The van der Waals surface area contributed by atoms with E-state index in [2.05, 4.69) is 14.8 Å². The fourth-order valence-electron chi connectivity index (χ4n) is 0.961. The van der Waals surface area contributed by atoms with Gasteiger partial charge in [-0.3, -0.25) is 4.79 Å². The van der Waals surface area contributed by atoms with E-state index in [1.807, 2.05) is 0 Å². The average Bonchev–Trinajstić information content (AvgIpc) is 2.80. The molecule has 0 aromatic heterocycles. The molecule has 5 heteroatoms. The van der Waals surface area contributed by atoms with Crippen LogP contribution in [0.25, 0.3) is 10.4 Å². The Kier molecular flexibility index (Phi) is 2.01. The van der Waals surface area contributed by atoms with Crippen LogP contribution >= 0.6 is 0 Å². The first-order valence-corrected chi connectivity index (χ1v) is 3.34. The molecule has 0 bridgehead atoms. The molecular weight excluding hydrogens is 146 g/mol. The lowest BCUT2D eigenvalue weighted by Gasteiger charge is -2.06. The second-order valence-electron chi connectivity index (χ2n) is 2.66. The summed E-state index contributed by atoms with van der Waals surface area (Å²) in [5.41, 5.74) is 7.55. The lowest BCUT2D eigenvalue weighted by Crippen LogP contribution is -2.20. The van der Waals surface area contributed by atoms with E-state index in [0.29, 0.717) is 0 Å². The molecule has 11 heavy (non-hydrogen) atoms. The molecule has 1 rings (SSSR count). The minimum Gasteiger partial charge on any atom is -0.469 e. The Morgan fingerprint density at radius 2 is 2.45 bits per heavy atom. The standard InChI is InChI=1S/C6H9N3O2/c1-11-5(10)6(2-3-6)4-8-9-7/h2-4H2,1H3. The summed E-state index contributed by atoms with van der Waals surface area (Å²) in [6.45, 7) is 0.232. The number of carbonyl (C=O) groups is 1. The third-order valence-corrected chi connectivity index (χ3v) is 1.91. The molecule has 0 radical (unpaired) electrons. The van der Waals surface area contributed by atoms with Gasteiger partial charge in [-0.2, -0.15) is 0 Å². The number of hydrogen-bond acceptors (Lipinski definition) is 3. The summed E-state index contributed by atoms with van der Waals surface area (Å²) in [7, 11) is 1.35. The predicted molar refractivity (Wildman–Crippen MR) is 37.7 cm³/mol. The quantitative estimate of drug-likeness (QED) is 0.266. The fraction of sp³-hybridized carbons (Fsp3) is 0.833. The molecule has 1 fully saturated rings. The number of hydrogen-bond donors (Lipinski definition) is 0. The number of ether oxygens (including phenoxy) is 1. The molecule has 0 amide bonds. The second-order valence-corrected chi connectivity index (χ2v) is 2.66. The Balaban J connectivity index is 2.53. The van der Waals surface area contributed by atoms with E-state index in [1.165, 1.54) is 7.11 Å². The number of azide groups is 1. The van der Waals surface area contributed by atoms with Gasteiger partial charge in [0.15, 0.2) is 0 Å². The average molecular weight is 155 g/mol. The van der Waals surface area contributed by atoms with Crippen molar-refractivity contribution in [1.29, 1.82) is 0 Å². The lowest BCUT2D eigenvalue weighted by molar-refractivity contribution is -0.146. The van der Waals surface area contributed by atoms with Gasteiger partial charge in [0.1, 0.15) is 0 Å². The first-order chi connectivity index (χ1) is 5.25. The van der Waals surface area contributed by atoms with E-state index >= 15 is 0 Å². The number of rotatable bonds is 3. The van der Waals surface area contributed by atoms with Crippen LogP contribution in [-0.2, 0) is 9.53 Å². The molecule has 0 heterocycles. The normalized spacial score (nSPS) is 18.3. The maximum Gasteiger partial charge on any atom is 0.311 e. The summed E-state index contributed by atoms with van der Waals surface area (Å²) in [6, 6.07) is 0. The zero-order chi connectivity index (χ0) is 8.32. The molecule has 1 aliphatic rings. The van der Waals surface area contributed by atoms with Crippen LogP contribution in [0.5, 0.6) is 0 Å². The monoisotopic (exact) mass is 155 g/mol. The minimum atomic E-state index is -0.471. The molecule has 0 atom stereocenters. The van der Waals surface area contributed by atoms with Gasteiger partial charge in [0.05, 0.1) is 12.5 Å². The van der Waals surface area contributed by atoms with E-state index < -0.39 is 5.41 Å². The Labute approximate surface area is 64.0 Å². The van der Waals surface area contributed by atoms with Gasteiger partial charge in [0, 0.05) is 11.5 Å². The van der Waals surface area contributed by atoms with Crippen molar-refractivity contribution in [2.24, 2.45) is 10.5 Å². The molecule has 60 valence electrons. The van der Waals surface area contributed by atoms with Crippen molar-refractivity contribution in [3.05, 3.63) is 10.4 Å². The Morgan fingerprint density at radius 3 is 2.82 bits per heavy atom. The van der Waals surface area contributed by atoms with Gasteiger partial charge in [-0.15, -0.1) is 0 Å². The molecule has 5 nitrogen and oxygen atoms in total. The van der Waals surface area contributed by atoms with Crippen LogP contribution in [0.4, 0.5) is 0 Å². The molecule has 0 aromatic rings. The van der Waals surface area contributed by atoms with Crippen LogP contribution < -0.4 is 0 Å². The molecule has 0 unspecified atom stereocenters. The van der Waals surface area contributed by atoms with Gasteiger partial charge in [-0.25, -0.2) is 0 Å². The first-order valence-electron chi connectivity index (χ1n) is 3.34. The highest BCUT2D eigenvalue weighted by atomic mass is 16.5. The van der Waals surface area contributed by atoms with Crippen molar-refractivity contribution < 1.29 is 9.53 Å². The number of carbonyl (C=O) groups excluding carboxylic acids is 1. The van der Waals surface area contributed by atoms with Gasteiger partial charge >= 0.3 is 5.97 Å². The van der Waals surface area contributed by atoms with Crippen LogP contribution in [0.2, 0.25) is 0 Å². The highest BCUT2D eigenvalue weighted by Crippen LogP contribution is 2.46. The van der Waals surface area contributed by atoms with E-state index in [-0.39, 0.29) is 12.5 Å². The maximum atomic E-state index is 11.0. The minimum absolute atomic E-state index is 0.232. The summed E-state index contributed by atoms with van der Waals surface area (Å²) in [5.74, 6) is -0.259. The molecular formula is C6H9N3O2. The van der Waals surface area contributed by atoms with Gasteiger partial charge in [0.2, 0.25) is 0 Å². The van der Waals surface area contributed by atoms with Gasteiger partial charge in [-0.1, -0.05) is 5.11 Å². The molecule has 0 N–H and O–H groups in total. The third kappa shape index (κ3) is 1.43. The van der Waals surface area contributed by atoms with Crippen molar-refractivity contribution in [2.45, 2.75) is 12.8 Å². The highest BCUT2D eigenvalue weighted by Gasteiger charge is 2.50. The zero-order valence-electron chi connectivity index (χ0n) is 6.28. The molecule has 1 aliphatic carbocycles. The van der Waals surface area contributed by atoms with Crippen LogP contribution in [0.3, 0.4) is 0 Å². The maximum absolute atomic E-state index is 11.0. The van der Waals surface area contributed by atoms with E-state index in [4.69, 9.17) is 5.53 Å². The number of esters is 1. The smallest absolute Gasteiger partial charge is 0.311 e. The third-order valence-electron chi connectivity index (χ3n) is 1.91. The van der Waals surface area contributed by atoms with E-state index in [9.17, 15) is 4.79 Å². The summed E-state index contributed by atoms with van der Waals surface area (Å²) < 4.78 is 4.55. The van der Waals surface area contributed by atoms with Crippen molar-refractivity contribution >= 4 is 5.97 Å². The van der Waals surface area contributed by atoms with Gasteiger partial charge in [0.25, 0.3) is 0 Å². The largest absolute Gasteiger partial charge is 0.469 e. The van der Waals surface area contributed by atoms with Gasteiger partial charge in [-0.05, 0) is 18.4 Å². The van der Waals surface area contributed by atoms with Crippen molar-refractivity contribution in [2.75, 3.05) is 13.7 Å². The van der Waals surface area contributed by atoms with Crippen molar-refractivity contribution in [3.8, 4) is 0 Å². The molecule has 1 saturated carbocycles. The Hall–Kier alpha value is -1.22. The fourth-order valence-corrected chi connectivity index (χ4v) is 0.961. The first kappa shape index (κ1) is 7.88. The van der Waals surface area contributed by atoms with E-state index in [0.717, 1.165) is 12.8 Å². The van der Waals surface area contributed by atoms with Gasteiger partial charge < -0.3 is 4.74 Å². The number of nitrogens with zero attached hydrogens (tertiary/aromatic N) is 3. The Morgan fingerprint density at radius 1 is 1.82 bits per heavy atom. The summed E-state index contributed by atoms with van der Waals surface area (Å²) >= 11 is 0. The van der Waals surface area contributed by atoms with Crippen molar-refractivity contribution in [1.82, 2.24) is 0 Å². The molecule has 0 saturated heterocycles. The molecule has 0 aliphatic heterocycles. The predicted octanol–water partition coefficient (Wildman–Crippen LogP) is 1.25. The topological polar surface area (TPSA) is 75.1 Å². The van der Waals surface area contributed by atoms with Crippen molar-refractivity contribution in [3.63, 3.8) is 0 Å². The summed E-state index contributed by atoms with van der Waals surface area (Å²) in [4.78, 5) is 13.6. The Bertz CT molecular complexity index is 216. The summed E-state index contributed by atoms with van der Waals surface area (Å²) in [6.07, 6.45) is 1.55. The lowest BCUT2D eigenvalue weighted by atomic mass is 10.1. The van der Waals surface area contributed by atoms with Crippen LogP contribution in [0, 0.1) is 5.41 Å². The summed E-state index contributed by atoms with van der Waals surface area (Å²) in [5, 5.41) is 3.35. The molecule has 0 spiro atoms. The highest BCUT2D eigenvalue weighted by molar-refractivity contribution is 5.80. The van der Waals surface area contributed by atoms with Crippen LogP contribution in [0.15, 0.2) is 5.11 Å². The van der Waals surface area contributed by atoms with Crippen LogP contribution in [0.1, 0.15) is 12.8 Å². The second kappa shape index (κ2) is 2.80. The van der Waals surface area contributed by atoms with E-state index in [1.54, 1.807) is 0 Å². The number of methoxy groups -OCH3 is 1. The molecule has 0 aromatic carbocycles. The SMILES string of the molecule is COC(=O)C1(CN=[N+]=[N-])CC1. The van der Waals surface area contributed by atoms with Crippen LogP contribution in [-0.4, -0.2) is 19.6 Å².